The lowest BCUT2D eigenvalue weighted by Crippen LogP contribution is -2.23. The monoisotopic (exact) mass is 269 g/mol. The molecule has 1 heterocycles. The Bertz CT molecular complexity index is 635. The van der Waals surface area contributed by atoms with Gasteiger partial charge < -0.3 is 10.5 Å². The first-order chi connectivity index (χ1) is 9.68. The van der Waals surface area contributed by atoms with Crippen molar-refractivity contribution in [2.45, 2.75) is 25.2 Å². The highest BCUT2D eigenvalue weighted by Crippen LogP contribution is 2.46. The van der Waals surface area contributed by atoms with Crippen LogP contribution in [0, 0.1) is 6.92 Å². The topological polar surface area (TPSA) is 61.0 Å². The summed E-state index contributed by atoms with van der Waals surface area (Å²) in [4.78, 5) is 9.33. The maximum absolute atomic E-state index is 5.89. The summed E-state index contributed by atoms with van der Waals surface area (Å²) in [6.07, 6.45) is 2.16. The van der Waals surface area contributed by atoms with Crippen molar-refractivity contribution in [3.8, 4) is 17.0 Å². The fourth-order valence-corrected chi connectivity index (χ4v) is 2.47. The minimum Gasteiger partial charge on any atom is -0.496 e. The summed E-state index contributed by atoms with van der Waals surface area (Å²) in [5.41, 5.74) is 8.76. The van der Waals surface area contributed by atoms with Crippen molar-refractivity contribution < 1.29 is 4.74 Å². The van der Waals surface area contributed by atoms with Gasteiger partial charge in [0, 0.05) is 23.2 Å². The Balaban J connectivity index is 2.10. The van der Waals surface area contributed by atoms with Crippen LogP contribution in [0.25, 0.3) is 11.3 Å². The number of hydrogen-bond acceptors (Lipinski definition) is 4. The quantitative estimate of drug-likeness (QED) is 0.926. The van der Waals surface area contributed by atoms with E-state index in [1.165, 1.54) is 0 Å². The molecule has 0 bridgehead atoms. The Morgan fingerprint density at radius 1 is 1.25 bits per heavy atom. The van der Waals surface area contributed by atoms with Crippen LogP contribution in [0.1, 0.15) is 24.4 Å². The van der Waals surface area contributed by atoms with E-state index in [1.54, 1.807) is 7.11 Å². The van der Waals surface area contributed by atoms with Crippen LogP contribution in [0.15, 0.2) is 30.3 Å². The summed E-state index contributed by atoms with van der Waals surface area (Å²) in [6, 6.07) is 9.91. The molecular weight excluding hydrogens is 250 g/mol. The maximum Gasteiger partial charge on any atom is 0.136 e. The standard InChI is InChI=1S/C16H19N3O/c1-11-9-13(12-5-3-4-6-14(12)20-2)19-15(18-11)16(10-17)7-8-16/h3-6,9H,7-8,10,17H2,1-2H3. The van der Waals surface area contributed by atoms with Crippen LogP contribution in [0.2, 0.25) is 0 Å². The summed E-state index contributed by atoms with van der Waals surface area (Å²) in [6.45, 7) is 2.61. The van der Waals surface area contributed by atoms with Gasteiger partial charge in [0.15, 0.2) is 0 Å². The maximum atomic E-state index is 5.89. The molecule has 1 fully saturated rings. The Morgan fingerprint density at radius 2 is 2.00 bits per heavy atom. The Morgan fingerprint density at radius 3 is 2.65 bits per heavy atom. The van der Waals surface area contributed by atoms with Gasteiger partial charge in [-0.1, -0.05) is 12.1 Å². The van der Waals surface area contributed by atoms with Crippen LogP contribution in [-0.2, 0) is 5.41 Å². The van der Waals surface area contributed by atoms with Gasteiger partial charge in [0.05, 0.1) is 12.8 Å². The molecule has 0 saturated heterocycles. The minimum absolute atomic E-state index is 0.00276. The van der Waals surface area contributed by atoms with E-state index in [2.05, 4.69) is 4.98 Å². The highest BCUT2D eigenvalue weighted by Gasteiger charge is 2.46. The second-order valence-corrected chi connectivity index (χ2v) is 5.40. The third-order valence-corrected chi connectivity index (χ3v) is 3.96. The van der Waals surface area contributed by atoms with Crippen LogP contribution in [0.3, 0.4) is 0 Å². The molecule has 2 N–H and O–H groups in total. The molecule has 1 aliphatic carbocycles. The molecule has 0 spiro atoms. The molecule has 0 amide bonds. The van der Waals surface area contributed by atoms with Gasteiger partial charge >= 0.3 is 0 Å². The number of para-hydroxylation sites is 1. The predicted octanol–water partition coefficient (Wildman–Crippen LogP) is 2.45. The zero-order chi connectivity index (χ0) is 14.2. The Hall–Kier alpha value is -1.94. The van der Waals surface area contributed by atoms with Gasteiger partial charge in [-0.05, 0) is 38.0 Å². The number of aromatic nitrogens is 2. The number of ether oxygens (including phenoxy) is 1. The third-order valence-electron chi connectivity index (χ3n) is 3.96. The van der Waals surface area contributed by atoms with Crippen molar-refractivity contribution in [2.75, 3.05) is 13.7 Å². The second-order valence-electron chi connectivity index (χ2n) is 5.40. The van der Waals surface area contributed by atoms with Gasteiger partial charge in [-0.3, -0.25) is 0 Å². The molecule has 2 aromatic rings. The summed E-state index contributed by atoms with van der Waals surface area (Å²) < 4.78 is 5.42. The zero-order valence-electron chi connectivity index (χ0n) is 11.9. The highest BCUT2D eigenvalue weighted by molar-refractivity contribution is 5.67. The average Bonchev–Trinajstić information content (AvgIpc) is 3.27. The zero-order valence-corrected chi connectivity index (χ0v) is 11.9. The minimum atomic E-state index is 0.00276. The van der Waals surface area contributed by atoms with Crippen molar-refractivity contribution in [3.63, 3.8) is 0 Å². The van der Waals surface area contributed by atoms with Gasteiger partial charge in [-0.25, -0.2) is 9.97 Å². The van der Waals surface area contributed by atoms with Gasteiger partial charge in [-0.15, -0.1) is 0 Å². The molecule has 0 unspecified atom stereocenters. The van der Waals surface area contributed by atoms with Crippen molar-refractivity contribution in [1.29, 1.82) is 0 Å². The Labute approximate surface area is 119 Å². The molecule has 1 aromatic carbocycles. The van der Waals surface area contributed by atoms with Crippen molar-refractivity contribution in [1.82, 2.24) is 9.97 Å². The van der Waals surface area contributed by atoms with E-state index in [4.69, 9.17) is 15.5 Å². The lowest BCUT2D eigenvalue weighted by Gasteiger charge is -2.14. The van der Waals surface area contributed by atoms with E-state index in [0.29, 0.717) is 6.54 Å². The molecule has 1 aromatic heterocycles. The summed E-state index contributed by atoms with van der Waals surface area (Å²) >= 11 is 0. The molecule has 0 aliphatic heterocycles. The average molecular weight is 269 g/mol. The third kappa shape index (κ3) is 2.16. The van der Waals surface area contributed by atoms with Crippen molar-refractivity contribution >= 4 is 0 Å². The highest BCUT2D eigenvalue weighted by atomic mass is 16.5. The normalized spacial score (nSPS) is 15.9. The van der Waals surface area contributed by atoms with E-state index >= 15 is 0 Å². The largest absolute Gasteiger partial charge is 0.496 e. The molecule has 0 radical (unpaired) electrons. The predicted molar refractivity (Wildman–Crippen MR) is 78.7 cm³/mol. The number of nitrogens with two attached hydrogens (primary N) is 1. The number of hydrogen-bond donors (Lipinski definition) is 1. The van der Waals surface area contributed by atoms with Crippen LogP contribution in [0.5, 0.6) is 5.75 Å². The van der Waals surface area contributed by atoms with Gasteiger partial charge in [0.1, 0.15) is 11.6 Å². The molecule has 20 heavy (non-hydrogen) atoms. The van der Waals surface area contributed by atoms with Crippen molar-refractivity contribution in [2.24, 2.45) is 5.73 Å². The second kappa shape index (κ2) is 4.87. The summed E-state index contributed by atoms with van der Waals surface area (Å²) in [5, 5.41) is 0. The SMILES string of the molecule is COc1ccccc1-c1cc(C)nc(C2(CN)CC2)n1. The van der Waals surface area contributed by atoms with E-state index in [-0.39, 0.29) is 5.41 Å². The lowest BCUT2D eigenvalue weighted by molar-refractivity contribution is 0.416. The fraction of sp³-hybridized carbons (Fsp3) is 0.375. The fourth-order valence-electron chi connectivity index (χ4n) is 2.47. The first-order valence-electron chi connectivity index (χ1n) is 6.88. The summed E-state index contributed by atoms with van der Waals surface area (Å²) in [5.74, 6) is 1.70. The Kier molecular flexibility index (Phi) is 3.18. The first-order valence-corrected chi connectivity index (χ1v) is 6.88. The van der Waals surface area contributed by atoms with Crippen LogP contribution in [-0.4, -0.2) is 23.6 Å². The van der Waals surface area contributed by atoms with Gasteiger partial charge in [0.25, 0.3) is 0 Å². The summed E-state index contributed by atoms with van der Waals surface area (Å²) in [7, 11) is 1.68. The van der Waals surface area contributed by atoms with E-state index in [9.17, 15) is 0 Å². The van der Waals surface area contributed by atoms with E-state index in [0.717, 1.165) is 41.4 Å². The first kappa shape index (κ1) is 13.1. The van der Waals surface area contributed by atoms with Crippen LogP contribution in [0.4, 0.5) is 0 Å². The van der Waals surface area contributed by atoms with Crippen LogP contribution >= 0.6 is 0 Å². The van der Waals surface area contributed by atoms with Crippen LogP contribution < -0.4 is 10.5 Å². The molecule has 1 aliphatic rings. The molecule has 3 rings (SSSR count). The van der Waals surface area contributed by atoms with E-state index in [1.807, 2.05) is 37.3 Å². The number of aryl methyl sites for hydroxylation is 1. The lowest BCUT2D eigenvalue weighted by atomic mass is 10.0. The number of methoxy groups -OCH3 is 1. The van der Waals surface area contributed by atoms with E-state index < -0.39 is 0 Å². The molecule has 104 valence electrons. The molecule has 4 heteroatoms. The molecule has 4 nitrogen and oxygen atoms in total. The molecular formula is C16H19N3O. The molecule has 0 atom stereocenters. The smallest absolute Gasteiger partial charge is 0.136 e. The van der Waals surface area contributed by atoms with Crippen molar-refractivity contribution in [3.05, 3.63) is 41.9 Å². The number of benzene rings is 1. The number of rotatable bonds is 4. The van der Waals surface area contributed by atoms with Gasteiger partial charge in [-0.2, -0.15) is 0 Å². The molecule has 1 saturated carbocycles. The van der Waals surface area contributed by atoms with Gasteiger partial charge in [0.2, 0.25) is 0 Å². The number of nitrogens with zero attached hydrogens (tertiary/aromatic N) is 2.